The fraction of sp³-hybridized carbons (Fsp3) is 0.0556. The molecule has 0 fully saturated rings. The van der Waals surface area contributed by atoms with Crippen molar-refractivity contribution in [3.63, 3.8) is 0 Å². The van der Waals surface area contributed by atoms with Crippen molar-refractivity contribution in [2.45, 2.75) is 6.18 Å². The highest BCUT2D eigenvalue weighted by atomic mass is 19.4. The van der Waals surface area contributed by atoms with E-state index in [1.807, 2.05) is 12.1 Å². The Kier molecular flexibility index (Phi) is 4.11. The summed E-state index contributed by atoms with van der Waals surface area (Å²) in [6.07, 6.45) is -1.25. The molecule has 0 unspecified atom stereocenters. The van der Waals surface area contributed by atoms with Crippen LogP contribution >= 0.6 is 0 Å². The van der Waals surface area contributed by atoms with Crippen molar-refractivity contribution in [1.29, 1.82) is 10.5 Å². The van der Waals surface area contributed by atoms with Gasteiger partial charge in [0, 0.05) is 23.5 Å². The molecule has 0 amide bonds. The second-order valence-corrected chi connectivity index (χ2v) is 5.37. The van der Waals surface area contributed by atoms with Crippen LogP contribution in [0, 0.1) is 22.7 Å². The van der Waals surface area contributed by atoms with Crippen molar-refractivity contribution < 1.29 is 13.2 Å². The monoisotopic (exact) mass is 353 g/mol. The van der Waals surface area contributed by atoms with Crippen LogP contribution in [0.15, 0.2) is 42.7 Å². The summed E-state index contributed by atoms with van der Waals surface area (Å²) in [5.74, 6) is -0.0994. The third-order valence-electron chi connectivity index (χ3n) is 3.82. The fourth-order valence-corrected chi connectivity index (χ4v) is 2.62. The molecule has 0 atom stereocenters. The Labute approximate surface area is 146 Å². The van der Waals surface area contributed by atoms with Crippen LogP contribution < -0.4 is 5.73 Å². The molecule has 0 aliphatic carbocycles. The maximum atomic E-state index is 12.8. The molecule has 1 aromatic carbocycles. The van der Waals surface area contributed by atoms with E-state index in [2.05, 4.69) is 9.97 Å². The van der Waals surface area contributed by atoms with Gasteiger partial charge >= 0.3 is 6.18 Å². The molecule has 0 aliphatic heterocycles. The molecule has 26 heavy (non-hydrogen) atoms. The van der Waals surface area contributed by atoms with Crippen molar-refractivity contribution in [3.8, 4) is 34.5 Å². The molecule has 128 valence electrons. The highest BCUT2D eigenvalue weighted by Gasteiger charge is 2.30. The Bertz CT molecular complexity index is 1040. The lowest BCUT2D eigenvalue weighted by atomic mass is 9.92. The zero-order valence-electron chi connectivity index (χ0n) is 13.1. The van der Waals surface area contributed by atoms with Crippen LogP contribution in [0.5, 0.6) is 0 Å². The van der Waals surface area contributed by atoms with Crippen molar-refractivity contribution >= 4 is 5.82 Å². The molecule has 3 aromatic rings. The van der Waals surface area contributed by atoms with Crippen molar-refractivity contribution in [2.75, 3.05) is 5.73 Å². The Balaban J connectivity index is 2.30. The van der Waals surface area contributed by atoms with Crippen molar-refractivity contribution in [2.24, 2.45) is 0 Å². The van der Waals surface area contributed by atoms with E-state index in [-0.39, 0.29) is 33.8 Å². The molecule has 3 rings (SSSR count). The van der Waals surface area contributed by atoms with Gasteiger partial charge in [-0.2, -0.15) is 23.7 Å². The number of nitrogens with zero attached hydrogens (tertiary/aromatic N) is 3. The van der Waals surface area contributed by atoms with Crippen LogP contribution in [-0.2, 0) is 6.18 Å². The first-order chi connectivity index (χ1) is 12.4. The number of nitrogen functional groups attached to an aromatic ring is 1. The van der Waals surface area contributed by atoms with Gasteiger partial charge in [-0.1, -0.05) is 12.1 Å². The van der Waals surface area contributed by atoms with Gasteiger partial charge in [0.1, 0.15) is 23.5 Å². The number of aromatic nitrogens is 2. The van der Waals surface area contributed by atoms with Crippen LogP contribution in [0.3, 0.4) is 0 Å². The maximum Gasteiger partial charge on any atom is 0.416 e. The van der Waals surface area contributed by atoms with Gasteiger partial charge in [-0.15, -0.1) is 0 Å². The summed E-state index contributed by atoms with van der Waals surface area (Å²) in [6, 6.07) is 9.75. The average Bonchev–Trinajstić information content (AvgIpc) is 3.14. The van der Waals surface area contributed by atoms with E-state index >= 15 is 0 Å². The van der Waals surface area contributed by atoms with Gasteiger partial charge in [0.25, 0.3) is 0 Å². The van der Waals surface area contributed by atoms with Gasteiger partial charge in [-0.3, -0.25) is 0 Å². The minimum atomic E-state index is -4.48. The smallest absolute Gasteiger partial charge is 0.383 e. The predicted molar refractivity (Wildman–Crippen MR) is 88.3 cm³/mol. The second-order valence-electron chi connectivity index (χ2n) is 5.37. The molecule has 0 saturated carbocycles. The number of hydrogen-bond donors (Lipinski definition) is 2. The van der Waals surface area contributed by atoms with E-state index in [0.717, 1.165) is 12.1 Å². The molecule has 2 heterocycles. The molecule has 0 radical (unpaired) electrons. The number of halogens is 3. The van der Waals surface area contributed by atoms with E-state index in [1.54, 1.807) is 18.5 Å². The number of hydrogen-bond acceptors (Lipinski definition) is 4. The number of alkyl halides is 3. The third-order valence-corrected chi connectivity index (χ3v) is 3.82. The summed E-state index contributed by atoms with van der Waals surface area (Å²) in [5, 5.41) is 19.0. The summed E-state index contributed by atoms with van der Waals surface area (Å²) >= 11 is 0. The third kappa shape index (κ3) is 2.85. The summed E-state index contributed by atoms with van der Waals surface area (Å²) in [6.45, 7) is 0. The number of aromatic amines is 1. The summed E-state index contributed by atoms with van der Waals surface area (Å²) in [4.78, 5) is 6.96. The summed E-state index contributed by atoms with van der Waals surface area (Å²) < 4.78 is 38.4. The fourth-order valence-electron chi connectivity index (χ4n) is 2.62. The zero-order valence-corrected chi connectivity index (χ0v) is 13.1. The van der Waals surface area contributed by atoms with Gasteiger partial charge < -0.3 is 10.7 Å². The van der Waals surface area contributed by atoms with Gasteiger partial charge in [-0.25, -0.2) is 4.98 Å². The Morgan fingerprint density at radius 1 is 0.962 bits per heavy atom. The summed E-state index contributed by atoms with van der Waals surface area (Å²) in [7, 11) is 0. The Morgan fingerprint density at radius 3 is 2.12 bits per heavy atom. The zero-order chi connectivity index (χ0) is 18.9. The van der Waals surface area contributed by atoms with Gasteiger partial charge in [0.15, 0.2) is 0 Å². The molecule has 0 bridgehead atoms. The van der Waals surface area contributed by atoms with Crippen LogP contribution in [-0.4, -0.2) is 9.97 Å². The van der Waals surface area contributed by atoms with E-state index < -0.39 is 11.7 Å². The number of nitrogens with two attached hydrogens (primary N) is 1. The topological polar surface area (TPSA) is 102 Å². The van der Waals surface area contributed by atoms with Crippen LogP contribution in [0.4, 0.5) is 19.0 Å². The van der Waals surface area contributed by atoms with Crippen LogP contribution in [0.1, 0.15) is 16.7 Å². The Hall–Kier alpha value is -3.78. The standard InChI is InChI=1S/C18H10F3N5/c19-18(20,21)12-3-1-10(2-4-12)15-13(7-22)16(11-5-6-25-9-11)26-17(24)14(15)8-23/h1-6,9,25H,(H2,24,26). The van der Waals surface area contributed by atoms with Crippen molar-refractivity contribution in [3.05, 3.63) is 59.4 Å². The van der Waals surface area contributed by atoms with E-state index in [9.17, 15) is 23.7 Å². The highest BCUT2D eigenvalue weighted by molar-refractivity contribution is 5.87. The molecule has 2 aromatic heterocycles. The molecule has 0 spiro atoms. The number of H-pyrrole nitrogens is 1. The molecule has 0 saturated heterocycles. The first-order valence-corrected chi connectivity index (χ1v) is 7.31. The number of nitrogens with one attached hydrogen (secondary N) is 1. The maximum absolute atomic E-state index is 12.8. The largest absolute Gasteiger partial charge is 0.416 e. The van der Waals surface area contributed by atoms with Gasteiger partial charge in [0.2, 0.25) is 0 Å². The van der Waals surface area contributed by atoms with Crippen LogP contribution in [0.2, 0.25) is 0 Å². The molecule has 3 N–H and O–H groups in total. The highest BCUT2D eigenvalue weighted by Crippen LogP contribution is 2.37. The van der Waals surface area contributed by atoms with E-state index in [0.29, 0.717) is 5.56 Å². The molecule has 5 nitrogen and oxygen atoms in total. The van der Waals surface area contributed by atoms with Gasteiger partial charge in [-0.05, 0) is 23.8 Å². The summed E-state index contributed by atoms with van der Waals surface area (Å²) in [5.41, 5.74) is 6.31. The van der Waals surface area contributed by atoms with E-state index in [1.165, 1.54) is 12.1 Å². The normalized spacial score (nSPS) is 11.0. The number of nitriles is 2. The van der Waals surface area contributed by atoms with Crippen molar-refractivity contribution in [1.82, 2.24) is 9.97 Å². The first kappa shape index (κ1) is 17.1. The SMILES string of the molecule is N#Cc1c(N)nc(-c2cc[nH]c2)c(C#N)c1-c1ccc(C(F)(F)F)cc1. The lowest BCUT2D eigenvalue weighted by Crippen LogP contribution is -2.05. The number of pyridine rings is 1. The predicted octanol–water partition coefficient (Wildman–Crippen LogP) is 4.09. The lowest BCUT2D eigenvalue weighted by molar-refractivity contribution is -0.137. The average molecular weight is 353 g/mol. The molecule has 0 aliphatic rings. The molecular formula is C18H10F3N5. The first-order valence-electron chi connectivity index (χ1n) is 7.31. The Morgan fingerprint density at radius 2 is 1.62 bits per heavy atom. The second kappa shape index (κ2) is 6.26. The van der Waals surface area contributed by atoms with Crippen LogP contribution in [0.25, 0.3) is 22.4 Å². The minimum absolute atomic E-state index is 0.0550. The number of anilines is 1. The van der Waals surface area contributed by atoms with Gasteiger partial charge in [0.05, 0.1) is 16.8 Å². The quantitative estimate of drug-likeness (QED) is 0.724. The number of benzene rings is 1. The molecule has 8 heteroatoms. The molecular weight excluding hydrogens is 343 g/mol. The minimum Gasteiger partial charge on any atom is -0.383 e. The van der Waals surface area contributed by atoms with E-state index in [4.69, 9.17) is 5.73 Å². The lowest BCUT2D eigenvalue weighted by Gasteiger charge is -2.13. The number of rotatable bonds is 2.